The highest BCUT2D eigenvalue weighted by atomic mass is 16.5. The van der Waals surface area contributed by atoms with Crippen LogP contribution in [0.15, 0.2) is 47.3 Å². The zero-order valence-corrected chi connectivity index (χ0v) is 14.0. The number of nitrogens with two attached hydrogens (primary N) is 1. The Morgan fingerprint density at radius 2 is 2.08 bits per heavy atom. The van der Waals surface area contributed by atoms with Gasteiger partial charge in [-0.3, -0.25) is 4.79 Å². The lowest BCUT2D eigenvalue weighted by molar-refractivity contribution is 0.365. The van der Waals surface area contributed by atoms with E-state index in [1.165, 1.54) is 0 Å². The Morgan fingerprint density at radius 1 is 1.27 bits per heavy atom. The van der Waals surface area contributed by atoms with Gasteiger partial charge in [-0.15, -0.1) is 0 Å². The molecule has 26 heavy (non-hydrogen) atoms. The summed E-state index contributed by atoms with van der Waals surface area (Å²) in [5.41, 5.74) is 8.71. The van der Waals surface area contributed by atoms with Gasteiger partial charge >= 0.3 is 0 Å². The molecule has 7 nitrogen and oxygen atoms in total. The molecule has 2 aromatic carbocycles. The second kappa shape index (κ2) is 5.93. The largest absolute Gasteiger partial charge is 0.478 e. The van der Waals surface area contributed by atoms with Crippen molar-refractivity contribution in [1.29, 1.82) is 5.26 Å². The average molecular weight is 345 g/mol. The summed E-state index contributed by atoms with van der Waals surface area (Å²) in [7, 11) is 0. The fraction of sp³-hybridized carbons (Fsp3) is 0.105. The highest BCUT2D eigenvalue weighted by Gasteiger charge is 2.18. The summed E-state index contributed by atoms with van der Waals surface area (Å²) >= 11 is 0. The zero-order valence-electron chi connectivity index (χ0n) is 14.0. The molecule has 4 aromatic rings. The summed E-state index contributed by atoms with van der Waals surface area (Å²) in [6.07, 6.45) is 0. The van der Waals surface area contributed by atoms with E-state index >= 15 is 0 Å². The number of aromatic amines is 1. The molecule has 0 aliphatic rings. The first-order valence-corrected chi connectivity index (χ1v) is 8.00. The molecule has 7 heteroatoms. The third-order valence-corrected chi connectivity index (χ3v) is 4.35. The number of fused-ring (bicyclic) bond motifs is 3. The number of hydrogen-bond donors (Lipinski definition) is 2. The number of nitrogens with zero attached hydrogens (tertiary/aromatic N) is 3. The van der Waals surface area contributed by atoms with Gasteiger partial charge in [-0.1, -0.05) is 24.3 Å². The normalized spacial score (nSPS) is 10.9. The van der Waals surface area contributed by atoms with E-state index in [2.05, 4.69) is 10.1 Å². The molecule has 4 rings (SSSR count). The van der Waals surface area contributed by atoms with Crippen molar-refractivity contribution in [3.05, 3.63) is 58.4 Å². The van der Waals surface area contributed by atoms with Crippen molar-refractivity contribution in [2.75, 3.05) is 12.3 Å². The van der Waals surface area contributed by atoms with Crippen molar-refractivity contribution in [3.8, 4) is 17.5 Å². The molecule has 0 aliphatic carbocycles. The number of pyridine rings is 1. The number of para-hydroxylation sites is 1. The van der Waals surface area contributed by atoms with Crippen LogP contribution in [-0.4, -0.2) is 21.4 Å². The Kier molecular flexibility index (Phi) is 3.59. The Hall–Kier alpha value is -3.79. The Bertz CT molecular complexity index is 1250. The first-order valence-electron chi connectivity index (χ1n) is 8.00. The number of nitriles is 1. The molecule has 0 unspecified atom stereocenters. The molecule has 0 saturated carbocycles. The van der Waals surface area contributed by atoms with E-state index in [1.54, 1.807) is 16.8 Å². The Morgan fingerprint density at radius 3 is 2.88 bits per heavy atom. The van der Waals surface area contributed by atoms with Gasteiger partial charge in [0.2, 0.25) is 0 Å². The van der Waals surface area contributed by atoms with Gasteiger partial charge in [0.25, 0.3) is 5.56 Å². The predicted octanol–water partition coefficient (Wildman–Crippen LogP) is 2.66. The standard InChI is InChI=1S/C19H15N5O2/c1-11-14(7-4-8-15(11)26-10-9-20)24-18(21)16-17(23-24)12-5-2-3-6-13(12)22-19(16)25/h2-8H,10,21H2,1H3,(H,22,25). The maximum Gasteiger partial charge on any atom is 0.261 e. The second-order valence-corrected chi connectivity index (χ2v) is 5.87. The maximum atomic E-state index is 12.5. The third kappa shape index (κ3) is 2.28. The van der Waals surface area contributed by atoms with Crippen LogP contribution in [0.5, 0.6) is 5.75 Å². The maximum absolute atomic E-state index is 12.5. The first kappa shape index (κ1) is 15.7. The van der Waals surface area contributed by atoms with Gasteiger partial charge in [-0.25, -0.2) is 4.68 Å². The van der Waals surface area contributed by atoms with E-state index in [0.29, 0.717) is 27.9 Å². The topological polar surface area (TPSA) is 110 Å². The number of ether oxygens (including phenoxy) is 1. The van der Waals surface area contributed by atoms with Gasteiger partial charge in [-0.05, 0) is 25.1 Å². The van der Waals surface area contributed by atoms with Crippen LogP contribution in [0.2, 0.25) is 0 Å². The van der Waals surface area contributed by atoms with Gasteiger partial charge in [0.1, 0.15) is 28.5 Å². The second-order valence-electron chi connectivity index (χ2n) is 5.87. The summed E-state index contributed by atoms with van der Waals surface area (Å²) in [6, 6.07) is 14.8. The van der Waals surface area contributed by atoms with Crippen molar-refractivity contribution >= 4 is 27.6 Å². The highest BCUT2D eigenvalue weighted by molar-refractivity contribution is 6.06. The zero-order chi connectivity index (χ0) is 18.3. The van der Waals surface area contributed by atoms with Crippen molar-refractivity contribution in [1.82, 2.24) is 14.8 Å². The summed E-state index contributed by atoms with van der Waals surface area (Å²) in [5, 5.41) is 14.5. The highest BCUT2D eigenvalue weighted by Crippen LogP contribution is 2.30. The summed E-state index contributed by atoms with van der Waals surface area (Å²) in [4.78, 5) is 15.3. The van der Waals surface area contributed by atoms with Crippen LogP contribution in [0.1, 0.15) is 5.56 Å². The average Bonchev–Trinajstić information content (AvgIpc) is 2.99. The Balaban J connectivity index is 2.01. The van der Waals surface area contributed by atoms with E-state index < -0.39 is 0 Å². The molecule has 0 spiro atoms. The molecular weight excluding hydrogens is 330 g/mol. The lowest BCUT2D eigenvalue weighted by Gasteiger charge is -2.11. The molecule has 2 heterocycles. The van der Waals surface area contributed by atoms with E-state index in [1.807, 2.05) is 43.3 Å². The monoisotopic (exact) mass is 345 g/mol. The predicted molar refractivity (Wildman–Crippen MR) is 99.5 cm³/mol. The first-order chi connectivity index (χ1) is 12.6. The van der Waals surface area contributed by atoms with Crippen LogP contribution >= 0.6 is 0 Å². The van der Waals surface area contributed by atoms with Gasteiger partial charge in [-0.2, -0.15) is 10.4 Å². The van der Waals surface area contributed by atoms with Crippen LogP contribution in [0, 0.1) is 18.3 Å². The van der Waals surface area contributed by atoms with Crippen molar-refractivity contribution in [2.24, 2.45) is 0 Å². The molecule has 0 atom stereocenters. The summed E-state index contributed by atoms with van der Waals surface area (Å²) in [5.74, 6) is 0.828. The molecule has 0 fully saturated rings. The van der Waals surface area contributed by atoms with E-state index in [-0.39, 0.29) is 18.0 Å². The Labute approximate surface area is 148 Å². The fourth-order valence-corrected chi connectivity index (χ4v) is 3.11. The van der Waals surface area contributed by atoms with Crippen LogP contribution in [0.25, 0.3) is 27.5 Å². The number of H-pyrrole nitrogens is 1. The molecule has 0 bridgehead atoms. The number of nitrogen functional groups attached to an aromatic ring is 1. The summed E-state index contributed by atoms with van der Waals surface area (Å²) < 4.78 is 6.99. The molecule has 3 N–H and O–H groups in total. The quantitative estimate of drug-likeness (QED) is 0.593. The van der Waals surface area contributed by atoms with Gasteiger partial charge < -0.3 is 15.5 Å². The minimum Gasteiger partial charge on any atom is -0.478 e. The minimum atomic E-state index is -0.281. The fourth-order valence-electron chi connectivity index (χ4n) is 3.11. The molecule has 128 valence electrons. The third-order valence-electron chi connectivity index (χ3n) is 4.35. The van der Waals surface area contributed by atoms with Gasteiger partial charge in [0.05, 0.1) is 11.2 Å². The van der Waals surface area contributed by atoms with Crippen molar-refractivity contribution in [2.45, 2.75) is 6.92 Å². The number of anilines is 1. The van der Waals surface area contributed by atoms with Crippen molar-refractivity contribution in [3.63, 3.8) is 0 Å². The number of aromatic nitrogens is 3. The lowest BCUT2D eigenvalue weighted by atomic mass is 10.1. The molecule has 0 amide bonds. The molecule has 0 radical (unpaired) electrons. The SMILES string of the molecule is Cc1c(OCC#N)cccc1-n1nc2c(c1N)c(=O)[nH]c1ccccc12. The molecule has 2 aromatic heterocycles. The summed E-state index contributed by atoms with van der Waals surface area (Å²) in [6.45, 7) is 1.81. The molecule has 0 saturated heterocycles. The van der Waals surface area contributed by atoms with Crippen LogP contribution in [0.3, 0.4) is 0 Å². The van der Waals surface area contributed by atoms with E-state index in [0.717, 1.165) is 10.9 Å². The van der Waals surface area contributed by atoms with E-state index in [4.69, 9.17) is 15.7 Å². The van der Waals surface area contributed by atoms with Gasteiger partial charge in [0, 0.05) is 10.9 Å². The number of nitrogens with one attached hydrogen (secondary N) is 1. The van der Waals surface area contributed by atoms with E-state index in [9.17, 15) is 4.79 Å². The van der Waals surface area contributed by atoms with Crippen LogP contribution in [0.4, 0.5) is 5.82 Å². The molecule has 0 aliphatic heterocycles. The molecular formula is C19H15N5O2. The van der Waals surface area contributed by atoms with Gasteiger partial charge in [0.15, 0.2) is 6.61 Å². The number of benzene rings is 2. The lowest BCUT2D eigenvalue weighted by Crippen LogP contribution is -2.09. The number of hydrogen-bond acceptors (Lipinski definition) is 5. The minimum absolute atomic E-state index is 0.0504. The van der Waals surface area contributed by atoms with Crippen LogP contribution in [-0.2, 0) is 0 Å². The number of rotatable bonds is 3. The van der Waals surface area contributed by atoms with Crippen molar-refractivity contribution < 1.29 is 4.74 Å². The van der Waals surface area contributed by atoms with Crippen LogP contribution < -0.4 is 16.0 Å². The smallest absolute Gasteiger partial charge is 0.261 e.